The fourth-order valence-electron chi connectivity index (χ4n) is 2.37. The maximum atomic E-state index is 5.81. The standard InChI is InChI=1S/C14H15ClN2S/c1-10(14-16-13(6-15)9-18-14)17-7-11-4-2-3-5-12(11)8-17/h2-5,9-10H,6-8H2,1H3. The first-order valence-electron chi connectivity index (χ1n) is 6.09. The van der Waals surface area contributed by atoms with E-state index in [4.69, 9.17) is 11.6 Å². The lowest BCUT2D eigenvalue weighted by Crippen LogP contribution is -2.20. The molecule has 2 heterocycles. The number of aromatic nitrogens is 1. The van der Waals surface area contributed by atoms with Crippen LogP contribution in [0.4, 0.5) is 0 Å². The van der Waals surface area contributed by atoms with Gasteiger partial charge in [0.25, 0.3) is 0 Å². The largest absolute Gasteiger partial charge is 0.286 e. The zero-order valence-corrected chi connectivity index (χ0v) is 11.8. The van der Waals surface area contributed by atoms with Gasteiger partial charge in [0, 0.05) is 18.5 Å². The minimum absolute atomic E-state index is 0.361. The SMILES string of the molecule is CC(c1nc(CCl)cs1)N1Cc2ccccc2C1. The monoisotopic (exact) mass is 278 g/mol. The van der Waals surface area contributed by atoms with Crippen LogP contribution >= 0.6 is 22.9 Å². The highest BCUT2D eigenvalue weighted by atomic mass is 35.5. The molecule has 0 N–H and O–H groups in total. The van der Waals surface area contributed by atoms with Gasteiger partial charge >= 0.3 is 0 Å². The van der Waals surface area contributed by atoms with E-state index in [-0.39, 0.29) is 0 Å². The van der Waals surface area contributed by atoms with Crippen molar-refractivity contribution in [2.75, 3.05) is 0 Å². The van der Waals surface area contributed by atoms with Gasteiger partial charge in [0.2, 0.25) is 0 Å². The molecule has 0 saturated heterocycles. The molecule has 0 spiro atoms. The summed E-state index contributed by atoms with van der Waals surface area (Å²) in [5.41, 5.74) is 3.87. The molecule has 1 aliphatic rings. The Morgan fingerprint density at radius 3 is 2.56 bits per heavy atom. The average Bonchev–Trinajstić information content (AvgIpc) is 3.04. The minimum atomic E-state index is 0.361. The Bertz CT molecular complexity index is 527. The van der Waals surface area contributed by atoms with Crippen LogP contribution in [0, 0.1) is 0 Å². The molecule has 0 bridgehead atoms. The smallest absolute Gasteiger partial charge is 0.110 e. The number of fused-ring (bicyclic) bond motifs is 1. The Hall–Kier alpha value is -0.900. The zero-order chi connectivity index (χ0) is 12.5. The third-order valence-electron chi connectivity index (χ3n) is 3.48. The van der Waals surface area contributed by atoms with Crippen molar-refractivity contribution in [3.05, 3.63) is 51.5 Å². The van der Waals surface area contributed by atoms with Crippen molar-refractivity contribution in [1.29, 1.82) is 0 Å². The quantitative estimate of drug-likeness (QED) is 0.790. The molecule has 2 aromatic rings. The van der Waals surface area contributed by atoms with Gasteiger partial charge in [0.1, 0.15) is 5.01 Å². The van der Waals surface area contributed by atoms with Crippen molar-refractivity contribution in [3.63, 3.8) is 0 Å². The summed E-state index contributed by atoms with van der Waals surface area (Å²) in [6, 6.07) is 9.02. The van der Waals surface area contributed by atoms with E-state index >= 15 is 0 Å². The number of nitrogens with zero attached hydrogens (tertiary/aromatic N) is 2. The summed E-state index contributed by atoms with van der Waals surface area (Å²) in [7, 11) is 0. The molecule has 1 aliphatic heterocycles. The molecule has 0 aliphatic carbocycles. The van der Waals surface area contributed by atoms with Crippen LogP contribution in [0.2, 0.25) is 0 Å². The van der Waals surface area contributed by atoms with E-state index in [9.17, 15) is 0 Å². The number of thiazole rings is 1. The van der Waals surface area contributed by atoms with Gasteiger partial charge in [-0.05, 0) is 18.1 Å². The van der Waals surface area contributed by atoms with Gasteiger partial charge in [-0.15, -0.1) is 22.9 Å². The summed E-state index contributed by atoms with van der Waals surface area (Å²) in [5, 5.41) is 3.22. The first-order chi connectivity index (χ1) is 8.78. The molecular formula is C14H15ClN2S. The summed E-state index contributed by atoms with van der Waals surface area (Å²) < 4.78 is 0. The Morgan fingerprint density at radius 1 is 1.33 bits per heavy atom. The van der Waals surface area contributed by atoms with E-state index in [0.717, 1.165) is 18.8 Å². The van der Waals surface area contributed by atoms with E-state index in [0.29, 0.717) is 11.9 Å². The summed E-state index contributed by atoms with van der Waals surface area (Å²) in [5.74, 6) is 0.503. The Morgan fingerprint density at radius 2 is 2.00 bits per heavy atom. The number of benzene rings is 1. The molecule has 2 nitrogen and oxygen atoms in total. The van der Waals surface area contributed by atoms with E-state index < -0.39 is 0 Å². The van der Waals surface area contributed by atoms with Crippen molar-refractivity contribution in [1.82, 2.24) is 9.88 Å². The maximum absolute atomic E-state index is 5.81. The average molecular weight is 279 g/mol. The number of hydrogen-bond acceptors (Lipinski definition) is 3. The predicted molar refractivity (Wildman–Crippen MR) is 75.8 cm³/mol. The van der Waals surface area contributed by atoms with Crippen molar-refractivity contribution in [2.24, 2.45) is 0 Å². The second-order valence-electron chi connectivity index (χ2n) is 4.66. The lowest BCUT2D eigenvalue weighted by atomic mass is 10.1. The molecule has 1 aromatic carbocycles. The molecule has 0 fully saturated rings. The van der Waals surface area contributed by atoms with Gasteiger partial charge in [-0.2, -0.15) is 0 Å². The highest BCUT2D eigenvalue weighted by molar-refractivity contribution is 7.09. The third-order valence-corrected chi connectivity index (χ3v) is 4.81. The van der Waals surface area contributed by atoms with Crippen molar-refractivity contribution < 1.29 is 0 Å². The van der Waals surface area contributed by atoms with Crippen LogP contribution in [0.1, 0.15) is 34.8 Å². The van der Waals surface area contributed by atoms with Gasteiger partial charge in [-0.3, -0.25) is 4.90 Å². The first kappa shape index (κ1) is 12.2. The van der Waals surface area contributed by atoms with Crippen molar-refractivity contribution in [3.8, 4) is 0 Å². The topological polar surface area (TPSA) is 16.1 Å². The van der Waals surface area contributed by atoms with E-state index in [1.807, 2.05) is 0 Å². The van der Waals surface area contributed by atoms with Gasteiger partial charge in [0.05, 0.1) is 17.6 Å². The second kappa shape index (κ2) is 5.00. The van der Waals surface area contributed by atoms with E-state index in [1.165, 1.54) is 16.1 Å². The molecule has 3 rings (SSSR count). The van der Waals surface area contributed by atoms with Crippen LogP contribution in [-0.2, 0) is 19.0 Å². The maximum Gasteiger partial charge on any atom is 0.110 e. The second-order valence-corrected chi connectivity index (χ2v) is 5.82. The van der Waals surface area contributed by atoms with E-state index in [2.05, 4.69) is 46.5 Å². The summed E-state index contributed by atoms with van der Waals surface area (Å²) >= 11 is 7.52. The van der Waals surface area contributed by atoms with Gasteiger partial charge in [-0.25, -0.2) is 4.98 Å². The third kappa shape index (κ3) is 2.18. The Kier molecular flexibility index (Phi) is 3.37. The summed E-state index contributed by atoms with van der Waals surface area (Å²) in [6.07, 6.45) is 0. The van der Waals surface area contributed by atoms with Crippen LogP contribution in [0.25, 0.3) is 0 Å². The number of rotatable bonds is 3. The van der Waals surface area contributed by atoms with E-state index in [1.54, 1.807) is 11.3 Å². The molecule has 0 amide bonds. The molecule has 0 radical (unpaired) electrons. The number of hydrogen-bond donors (Lipinski definition) is 0. The van der Waals surface area contributed by atoms with Crippen LogP contribution in [0.5, 0.6) is 0 Å². The highest BCUT2D eigenvalue weighted by Crippen LogP contribution is 2.32. The minimum Gasteiger partial charge on any atom is -0.286 e. The van der Waals surface area contributed by atoms with Gasteiger partial charge < -0.3 is 0 Å². The fraction of sp³-hybridized carbons (Fsp3) is 0.357. The predicted octanol–water partition coefficient (Wildman–Crippen LogP) is 3.96. The summed E-state index contributed by atoms with van der Waals surface area (Å²) in [4.78, 5) is 7.04. The number of halogens is 1. The normalized spacial score (nSPS) is 16.8. The highest BCUT2D eigenvalue weighted by Gasteiger charge is 2.25. The lowest BCUT2D eigenvalue weighted by molar-refractivity contribution is 0.214. The molecular weight excluding hydrogens is 264 g/mol. The molecule has 1 unspecified atom stereocenters. The molecule has 94 valence electrons. The molecule has 1 aromatic heterocycles. The molecule has 18 heavy (non-hydrogen) atoms. The molecule has 0 saturated carbocycles. The molecule has 4 heteroatoms. The first-order valence-corrected chi connectivity index (χ1v) is 7.50. The van der Waals surface area contributed by atoms with Crippen LogP contribution in [-0.4, -0.2) is 9.88 Å². The summed E-state index contributed by atoms with van der Waals surface area (Å²) in [6.45, 7) is 4.27. The molecule has 1 atom stereocenters. The van der Waals surface area contributed by atoms with Gasteiger partial charge in [-0.1, -0.05) is 24.3 Å². The Labute approximate surface area is 116 Å². The van der Waals surface area contributed by atoms with Crippen LogP contribution in [0.15, 0.2) is 29.6 Å². The van der Waals surface area contributed by atoms with Gasteiger partial charge in [0.15, 0.2) is 0 Å². The fourth-order valence-corrected chi connectivity index (χ4v) is 3.50. The zero-order valence-electron chi connectivity index (χ0n) is 10.3. The van der Waals surface area contributed by atoms with Crippen LogP contribution in [0.3, 0.4) is 0 Å². The number of alkyl halides is 1. The van der Waals surface area contributed by atoms with Crippen molar-refractivity contribution >= 4 is 22.9 Å². The van der Waals surface area contributed by atoms with Crippen LogP contribution < -0.4 is 0 Å². The lowest BCUT2D eigenvalue weighted by Gasteiger charge is -2.21. The Balaban J connectivity index is 1.77. The van der Waals surface area contributed by atoms with Crippen molar-refractivity contribution in [2.45, 2.75) is 31.9 Å².